The number of hydrogen-bond acceptors (Lipinski definition) is 6. The standard InChI is InChI=1S/C20H26N4O4/c1-3-9-24-18(21)17(19(26)22-20(24)27)16(25)12-23-10-5-8-15(23)13-6-4-7-14(11-13)28-2/h4,6-7,11,15H,3,5,8-10,12,21H2,1-2H3,(H,22,26,27)/t15-/m1/s1. The van der Waals surface area contributed by atoms with E-state index in [0.717, 1.165) is 30.7 Å². The minimum atomic E-state index is -0.725. The molecule has 0 saturated carbocycles. The number of Topliss-reactive ketones (excluding diaryl/α,β-unsaturated/α-hetero) is 1. The SMILES string of the molecule is CCCn1c(N)c(C(=O)CN2CCC[C@@H]2c2cccc(OC)c2)c(=O)[nH]c1=O. The van der Waals surface area contributed by atoms with Crippen LogP contribution in [0.25, 0.3) is 0 Å². The third-order valence-electron chi connectivity index (χ3n) is 5.15. The molecule has 8 nitrogen and oxygen atoms in total. The van der Waals surface area contributed by atoms with Gasteiger partial charge in [-0.1, -0.05) is 19.1 Å². The fourth-order valence-electron chi connectivity index (χ4n) is 3.81. The van der Waals surface area contributed by atoms with Crippen LogP contribution >= 0.6 is 0 Å². The summed E-state index contributed by atoms with van der Waals surface area (Å²) >= 11 is 0. The number of ketones is 1. The van der Waals surface area contributed by atoms with Crippen LogP contribution < -0.4 is 21.7 Å². The van der Waals surface area contributed by atoms with Gasteiger partial charge < -0.3 is 10.5 Å². The highest BCUT2D eigenvalue weighted by Gasteiger charge is 2.30. The maximum atomic E-state index is 12.9. The number of aromatic amines is 1. The van der Waals surface area contributed by atoms with E-state index in [-0.39, 0.29) is 29.8 Å². The van der Waals surface area contributed by atoms with Gasteiger partial charge in [-0.3, -0.25) is 24.0 Å². The first-order valence-corrected chi connectivity index (χ1v) is 9.50. The number of methoxy groups -OCH3 is 1. The van der Waals surface area contributed by atoms with Crippen LogP contribution in [0, 0.1) is 0 Å². The van der Waals surface area contributed by atoms with Gasteiger partial charge in [-0.25, -0.2) is 4.79 Å². The Balaban J connectivity index is 1.87. The van der Waals surface area contributed by atoms with E-state index in [0.29, 0.717) is 13.0 Å². The van der Waals surface area contributed by atoms with E-state index in [9.17, 15) is 14.4 Å². The second kappa shape index (κ2) is 8.43. The number of benzene rings is 1. The van der Waals surface area contributed by atoms with Gasteiger partial charge in [-0.2, -0.15) is 0 Å². The largest absolute Gasteiger partial charge is 0.497 e. The molecule has 0 amide bonds. The van der Waals surface area contributed by atoms with Gasteiger partial charge in [0.2, 0.25) is 0 Å². The zero-order valence-electron chi connectivity index (χ0n) is 16.2. The molecule has 1 aromatic heterocycles. The van der Waals surface area contributed by atoms with Gasteiger partial charge >= 0.3 is 5.69 Å². The van der Waals surface area contributed by atoms with Crippen molar-refractivity contribution in [3.63, 3.8) is 0 Å². The highest BCUT2D eigenvalue weighted by molar-refractivity contribution is 6.01. The van der Waals surface area contributed by atoms with Crippen molar-refractivity contribution in [1.29, 1.82) is 0 Å². The number of carbonyl (C=O) groups is 1. The number of nitrogens with zero attached hydrogens (tertiary/aromatic N) is 2. The van der Waals surface area contributed by atoms with Gasteiger partial charge in [0.15, 0.2) is 5.78 Å². The summed E-state index contributed by atoms with van der Waals surface area (Å²) in [5.41, 5.74) is 5.64. The number of rotatable bonds is 7. The smallest absolute Gasteiger partial charge is 0.329 e. The lowest BCUT2D eigenvalue weighted by Crippen LogP contribution is -2.39. The van der Waals surface area contributed by atoms with E-state index < -0.39 is 11.2 Å². The van der Waals surface area contributed by atoms with Gasteiger partial charge in [0.1, 0.15) is 17.1 Å². The van der Waals surface area contributed by atoms with Gasteiger partial charge in [0, 0.05) is 12.6 Å². The van der Waals surface area contributed by atoms with Crippen molar-refractivity contribution < 1.29 is 9.53 Å². The molecule has 150 valence electrons. The van der Waals surface area contributed by atoms with Gasteiger partial charge in [-0.15, -0.1) is 0 Å². The van der Waals surface area contributed by atoms with Crippen LogP contribution in [0.1, 0.15) is 48.1 Å². The molecule has 1 aliphatic heterocycles. The Hall–Kier alpha value is -2.87. The van der Waals surface area contributed by atoms with E-state index in [2.05, 4.69) is 4.98 Å². The average Bonchev–Trinajstić information content (AvgIpc) is 3.13. The fraction of sp³-hybridized carbons (Fsp3) is 0.450. The minimum absolute atomic E-state index is 0.0577. The minimum Gasteiger partial charge on any atom is -0.497 e. The van der Waals surface area contributed by atoms with Crippen LogP contribution in [0.3, 0.4) is 0 Å². The molecule has 0 radical (unpaired) electrons. The van der Waals surface area contributed by atoms with E-state index in [1.165, 1.54) is 4.57 Å². The number of hydrogen-bond donors (Lipinski definition) is 2. The van der Waals surface area contributed by atoms with Crippen molar-refractivity contribution >= 4 is 11.6 Å². The summed E-state index contributed by atoms with van der Waals surface area (Å²) < 4.78 is 6.55. The van der Waals surface area contributed by atoms with Crippen molar-refractivity contribution in [3.05, 3.63) is 56.2 Å². The molecule has 8 heteroatoms. The van der Waals surface area contributed by atoms with Crippen LogP contribution in [0.2, 0.25) is 0 Å². The summed E-state index contributed by atoms with van der Waals surface area (Å²) in [6.45, 7) is 3.05. The second-order valence-electron chi connectivity index (χ2n) is 7.00. The van der Waals surface area contributed by atoms with Crippen LogP contribution in [0.5, 0.6) is 5.75 Å². The molecule has 0 unspecified atom stereocenters. The molecule has 1 aliphatic rings. The van der Waals surface area contributed by atoms with E-state index in [4.69, 9.17) is 10.5 Å². The molecule has 28 heavy (non-hydrogen) atoms. The van der Waals surface area contributed by atoms with Crippen molar-refractivity contribution in [2.45, 2.75) is 38.8 Å². The van der Waals surface area contributed by atoms with Crippen molar-refractivity contribution in [2.75, 3.05) is 25.9 Å². The van der Waals surface area contributed by atoms with Crippen LogP contribution in [-0.4, -0.2) is 40.4 Å². The van der Waals surface area contributed by atoms with Crippen molar-refractivity contribution in [1.82, 2.24) is 14.5 Å². The monoisotopic (exact) mass is 386 g/mol. The zero-order valence-corrected chi connectivity index (χ0v) is 16.2. The summed E-state index contributed by atoms with van der Waals surface area (Å²) in [5.74, 6) is 0.333. The Morgan fingerprint density at radius 1 is 1.36 bits per heavy atom. The highest BCUT2D eigenvalue weighted by Crippen LogP contribution is 2.33. The fourth-order valence-corrected chi connectivity index (χ4v) is 3.81. The topological polar surface area (TPSA) is 110 Å². The number of nitrogens with one attached hydrogen (secondary N) is 1. The first-order chi connectivity index (χ1) is 13.5. The number of anilines is 1. The summed E-state index contributed by atoms with van der Waals surface area (Å²) in [4.78, 5) is 41.4. The summed E-state index contributed by atoms with van der Waals surface area (Å²) in [6.07, 6.45) is 2.53. The lowest BCUT2D eigenvalue weighted by Gasteiger charge is -2.24. The molecule has 2 heterocycles. The normalized spacial score (nSPS) is 17.0. The Morgan fingerprint density at radius 3 is 2.86 bits per heavy atom. The van der Waals surface area contributed by atoms with E-state index >= 15 is 0 Å². The third-order valence-corrected chi connectivity index (χ3v) is 5.15. The number of ether oxygens (including phenoxy) is 1. The maximum absolute atomic E-state index is 12.9. The average molecular weight is 386 g/mol. The number of H-pyrrole nitrogens is 1. The Bertz CT molecular complexity index is 979. The van der Waals surface area contributed by atoms with Crippen LogP contribution in [-0.2, 0) is 6.54 Å². The molecular weight excluding hydrogens is 360 g/mol. The Kier molecular flexibility index (Phi) is 5.99. The molecule has 1 fully saturated rings. The Labute approximate surface area is 162 Å². The molecule has 1 atom stereocenters. The molecule has 1 saturated heterocycles. The number of likely N-dealkylation sites (tertiary alicyclic amines) is 1. The summed E-state index contributed by atoms with van der Waals surface area (Å²) in [7, 11) is 1.62. The van der Waals surface area contributed by atoms with E-state index in [1.807, 2.05) is 36.1 Å². The molecule has 3 N–H and O–H groups in total. The van der Waals surface area contributed by atoms with Crippen LogP contribution in [0.4, 0.5) is 5.82 Å². The van der Waals surface area contributed by atoms with Crippen molar-refractivity contribution in [3.8, 4) is 5.75 Å². The molecule has 1 aromatic carbocycles. The highest BCUT2D eigenvalue weighted by atomic mass is 16.5. The molecule has 3 rings (SSSR count). The van der Waals surface area contributed by atoms with Crippen LogP contribution in [0.15, 0.2) is 33.9 Å². The quantitative estimate of drug-likeness (QED) is 0.699. The molecule has 2 aromatic rings. The van der Waals surface area contributed by atoms with Crippen molar-refractivity contribution in [2.24, 2.45) is 0 Å². The molecule has 0 spiro atoms. The number of nitrogen functional groups attached to an aromatic ring is 1. The second-order valence-corrected chi connectivity index (χ2v) is 7.00. The first kappa shape index (κ1) is 19.9. The lowest BCUT2D eigenvalue weighted by molar-refractivity contribution is 0.0920. The molecule has 0 bridgehead atoms. The number of nitrogens with two attached hydrogens (primary N) is 1. The first-order valence-electron chi connectivity index (χ1n) is 9.50. The summed E-state index contributed by atoms with van der Waals surface area (Å²) in [6, 6.07) is 7.86. The number of carbonyl (C=O) groups excluding carboxylic acids is 1. The lowest BCUT2D eigenvalue weighted by atomic mass is 10.0. The molecular formula is C20H26N4O4. The van der Waals surface area contributed by atoms with Gasteiger partial charge in [0.25, 0.3) is 5.56 Å². The zero-order chi connectivity index (χ0) is 20.3. The maximum Gasteiger partial charge on any atom is 0.329 e. The molecule has 0 aliphatic carbocycles. The van der Waals surface area contributed by atoms with E-state index in [1.54, 1.807) is 7.11 Å². The summed E-state index contributed by atoms with van der Waals surface area (Å²) in [5, 5.41) is 0. The van der Waals surface area contributed by atoms with Gasteiger partial charge in [0.05, 0.1) is 13.7 Å². The Morgan fingerprint density at radius 2 is 2.14 bits per heavy atom. The predicted molar refractivity (Wildman–Crippen MR) is 107 cm³/mol. The predicted octanol–water partition coefficient (Wildman–Crippen LogP) is 1.56. The third kappa shape index (κ3) is 3.87. The van der Waals surface area contributed by atoms with Gasteiger partial charge in [-0.05, 0) is 43.5 Å². The number of aromatic nitrogens is 2.